The normalized spacial score (nSPS) is 10.8. The van der Waals surface area contributed by atoms with Crippen molar-refractivity contribution in [1.29, 1.82) is 0 Å². The van der Waals surface area contributed by atoms with Crippen molar-refractivity contribution < 1.29 is 19.1 Å². The van der Waals surface area contributed by atoms with Gasteiger partial charge in [0.1, 0.15) is 12.1 Å². The second-order valence-corrected chi connectivity index (χ2v) is 3.10. The minimum Gasteiger partial charge on any atom is -0.467 e. The fraction of sp³-hybridized carbons (Fsp3) is 0.750. The zero-order valence-corrected chi connectivity index (χ0v) is 8.34. The third kappa shape index (κ3) is 3.89. The van der Waals surface area contributed by atoms with Crippen molar-refractivity contribution in [2.24, 2.45) is 0 Å². The molecule has 0 fully saturated rings. The van der Waals surface area contributed by atoms with E-state index in [1.54, 1.807) is 13.8 Å². The van der Waals surface area contributed by atoms with Gasteiger partial charge >= 0.3 is 5.97 Å². The molecule has 0 aromatic heterocycles. The average Bonchev–Trinajstić information content (AvgIpc) is 2.02. The van der Waals surface area contributed by atoms with E-state index >= 15 is 0 Å². The van der Waals surface area contributed by atoms with E-state index in [1.165, 1.54) is 14.2 Å². The lowest BCUT2D eigenvalue weighted by atomic mass is 10.1. The Balaban J connectivity index is 4.16. The summed E-state index contributed by atoms with van der Waals surface area (Å²) in [5.74, 6) is -0.838. The van der Waals surface area contributed by atoms with Gasteiger partial charge in [-0.3, -0.25) is 4.79 Å². The average molecular weight is 189 g/mol. The summed E-state index contributed by atoms with van der Waals surface area (Å²) in [6.45, 7) is 3.05. The highest BCUT2D eigenvalue weighted by Gasteiger charge is 2.30. The van der Waals surface area contributed by atoms with Crippen LogP contribution in [0.1, 0.15) is 13.8 Å². The standard InChI is InChI=1S/C8H15NO4/c1-8(2,7(11)13-4)9-6(10)5-12-3/h5H2,1-4H3,(H,9,10). The molecule has 0 unspecified atom stereocenters. The zero-order valence-electron chi connectivity index (χ0n) is 8.34. The highest BCUT2D eigenvalue weighted by molar-refractivity contribution is 5.87. The molecule has 0 bridgehead atoms. The van der Waals surface area contributed by atoms with Gasteiger partial charge < -0.3 is 14.8 Å². The fourth-order valence-corrected chi connectivity index (χ4v) is 0.822. The molecule has 76 valence electrons. The number of carbonyl (C=O) groups excluding carboxylic acids is 2. The zero-order chi connectivity index (χ0) is 10.5. The maximum absolute atomic E-state index is 11.1. The minimum absolute atomic E-state index is 0.0690. The molecule has 0 aliphatic carbocycles. The van der Waals surface area contributed by atoms with Gasteiger partial charge in [0.05, 0.1) is 7.11 Å². The lowest BCUT2D eigenvalue weighted by Crippen LogP contribution is -2.51. The quantitative estimate of drug-likeness (QED) is 0.617. The molecule has 0 saturated carbocycles. The van der Waals surface area contributed by atoms with Crippen molar-refractivity contribution in [3.63, 3.8) is 0 Å². The van der Waals surface area contributed by atoms with Crippen LogP contribution in [0.5, 0.6) is 0 Å². The molecule has 0 rings (SSSR count). The van der Waals surface area contributed by atoms with Crippen molar-refractivity contribution in [3.05, 3.63) is 0 Å². The minimum atomic E-state index is -1.01. The van der Waals surface area contributed by atoms with Gasteiger partial charge in [0, 0.05) is 7.11 Å². The van der Waals surface area contributed by atoms with Crippen LogP contribution in [0.4, 0.5) is 0 Å². The molecule has 0 aromatic carbocycles. The number of hydrogen-bond acceptors (Lipinski definition) is 4. The predicted molar refractivity (Wildman–Crippen MR) is 46.1 cm³/mol. The predicted octanol–water partition coefficient (Wildman–Crippen LogP) is -0.299. The van der Waals surface area contributed by atoms with Crippen LogP contribution in [-0.2, 0) is 19.1 Å². The summed E-state index contributed by atoms with van der Waals surface area (Å²) in [6.07, 6.45) is 0. The molecule has 0 aromatic rings. The van der Waals surface area contributed by atoms with Gasteiger partial charge in [-0.2, -0.15) is 0 Å². The summed E-state index contributed by atoms with van der Waals surface area (Å²) in [4.78, 5) is 22.1. The van der Waals surface area contributed by atoms with Gasteiger partial charge in [-0.1, -0.05) is 0 Å². The van der Waals surface area contributed by atoms with Gasteiger partial charge in [0.15, 0.2) is 0 Å². The molecule has 0 aliphatic heterocycles. The van der Waals surface area contributed by atoms with Crippen LogP contribution in [0.15, 0.2) is 0 Å². The van der Waals surface area contributed by atoms with E-state index in [9.17, 15) is 9.59 Å². The number of amides is 1. The molecule has 0 saturated heterocycles. The van der Waals surface area contributed by atoms with Crippen LogP contribution in [0.2, 0.25) is 0 Å². The number of rotatable bonds is 4. The van der Waals surface area contributed by atoms with E-state index in [4.69, 9.17) is 0 Å². The summed E-state index contributed by atoms with van der Waals surface area (Å²) < 4.78 is 9.10. The number of carbonyl (C=O) groups is 2. The van der Waals surface area contributed by atoms with Crippen molar-refractivity contribution in [2.45, 2.75) is 19.4 Å². The molecule has 0 spiro atoms. The summed E-state index contributed by atoms with van der Waals surface area (Å²) in [5.41, 5.74) is -1.01. The summed E-state index contributed by atoms with van der Waals surface area (Å²) in [5, 5.41) is 2.47. The molecule has 1 amide bonds. The van der Waals surface area contributed by atoms with Gasteiger partial charge in [0.25, 0.3) is 0 Å². The first-order valence-electron chi connectivity index (χ1n) is 3.82. The first-order valence-corrected chi connectivity index (χ1v) is 3.82. The summed E-state index contributed by atoms with van der Waals surface area (Å²) >= 11 is 0. The Morgan fingerprint density at radius 3 is 2.23 bits per heavy atom. The monoisotopic (exact) mass is 189 g/mol. The Labute approximate surface area is 77.4 Å². The van der Waals surface area contributed by atoms with E-state index in [0.717, 1.165) is 0 Å². The van der Waals surface area contributed by atoms with Gasteiger partial charge in [-0.25, -0.2) is 4.79 Å². The second kappa shape index (κ2) is 4.81. The molecule has 5 nitrogen and oxygen atoms in total. The van der Waals surface area contributed by atoms with Crippen LogP contribution >= 0.6 is 0 Å². The van der Waals surface area contributed by atoms with Crippen molar-refractivity contribution >= 4 is 11.9 Å². The lowest BCUT2D eigenvalue weighted by Gasteiger charge is -2.22. The first-order chi connectivity index (χ1) is 5.94. The lowest BCUT2D eigenvalue weighted by molar-refractivity contribution is -0.149. The van der Waals surface area contributed by atoms with Crippen LogP contribution in [-0.4, -0.2) is 38.2 Å². The van der Waals surface area contributed by atoms with Gasteiger partial charge in [-0.05, 0) is 13.8 Å². The molecule has 1 N–H and O–H groups in total. The van der Waals surface area contributed by atoms with E-state index in [-0.39, 0.29) is 12.5 Å². The molecular weight excluding hydrogens is 174 g/mol. The summed E-state index contributed by atoms with van der Waals surface area (Å²) in [7, 11) is 2.68. The van der Waals surface area contributed by atoms with E-state index in [0.29, 0.717) is 0 Å². The third-order valence-electron chi connectivity index (χ3n) is 1.42. The van der Waals surface area contributed by atoms with E-state index in [2.05, 4.69) is 14.8 Å². The number of hydrogen-bond donors (Lipinski definition) is 1. The fourth-order valence-electron chi connectivity index (χ4n) is 0.822. The van der Waals surface area contributed by atoms with Crippen molar-refractivity contribution in [3.8, 4) is 0 Å². The second-order valence-electron chi connectivity index (χ2n) is 3.10. The number of methoxy groups -OCH3 is 2. The molecular formula is C8H15NO4. The Morgan fingerprint density at radius 1 is 1.31 bits per heavy atom. The van der Waals surface area contributed by atoms with Crippen LogP contribution < -0.4 is 5.32 Å². The highest BCUT2D eigenvalue weighted by Crippen LogP contribution is 2.03. The molecule has 0 atom stereocenters. The number of esters is 1. The Bertz CT molecular complexity index is 200. The molecule has 13 heavy (non-hydrogen) atoms. The molecule has 0 aliphatic rings. The van der Waals surface area contributed by atoms with Crippen molar-refractivity contribution in [1.82, 2.24) is 5.32 Å². The molecule has 0 radical (unpaired) electrons. The SMILES string of the molecule is COCC(=O)NC(C)(C)C(=O)OC. The van der Waals surface area contributed by atoms with E-state index in [1.807, 2.05) is 0 Å². The smallest absolute Gasteiger partial charge is 0.330 e. The van der Waals surface area contributed by atoms with Gasteiger partial charge in [0.2, 0.25) is 5.91 Å². The third-order valence-corrected chi connectivity index (χ3v) is 1.42. The van der Waals surface area contributed by atoms with Crippen molar-refractivity contribution in [2.75, 3.05) is 20.8 Å². The van der Waals surface area contributed by atoms with Crippen LogP contribution in [0.3, 0.4) is 0 Å². The maximum Gasteiger partial charge on any atom is 0.330 e. The highest BCUT2D eigenvalue weighted by atomic mass is 16.5. The molecule has 0 heterocycles. The number of ether oxygens (including phenoxy) is 2. The summed E-state index contributed by atoms with van der Waals surface area (Å²) in [6, 6.07) is 0. The molecule has 5 heteroatoms. The Morgan fingerprint density at radius 2 is 1.85 bits per heavy atom. The van der Waals surface area contributed by atoms with Crippen LogP contribution in [0.25, 0.3) is 0 Å². The topological polar surface area (TPSA) is 64.6 Å². The van der Waals surface area contributed by atoms with Gasteiger partial charge in [-0.15, -0.1) is 0 Å². The largest absolute Gasteiger partial charge is 0.467 e. The Hall–Kier alpha value is -1.10. The maximum atomic E-state index is 11.1. The van der Waals surface area contributed by atoms with Crippen LogP contribution in [0, 0.1) is 0 Å². The Kier molecular flexibility index (Phi) is 4.40. The first kappa shape index (κ1) is 11.9. The number of nitrogens with one attached hydrogen (secondary N) is 1. The van der Waals surface area contributed by atoms with E-state index < -0.39 is 11.5 Å².